The Labute approximate surface area is 132 Å². The molecule has 0 atom stereocenters. The molecular weight excluding hydrogens is 334 g/mol. The number of hydrogen-bond donors (Lipinski definition) is 1. The molecule has 0 bridgehead atoms. The Bertz CT molecular complexity index is 669. The number of methoxy groups -OCH3 is 2. The first kappa shape index (κ1) is 14.4. The van der Waals surface area contributed by atoms with E-state index in [0.29, 0.717) is 11.5 Å². The molecule has 1 aromatic heterocycles. The van der Waals surface area contributed by atoms with Gasteiger partial charge in [-0.15, -0.1) is 0 Å². The van der Waals surface area contributed by atoms with Crippen molar-refractivity contribution >= 4 is 15.9 Å². The van der Waals surface area contributed by atoms with Gasteiger partial charge in [0, 0.05) is 36.3 Å². The quantitative estimate of drug-likeness (QED) is 0.923. The van der Waals surface area contributed by atoms with Crippen LogP contribution in [0, 0.1) is 0 Å². The minimum Gasteiger partial charge on any atom is -0.493 e. The molecule has 0 saturated heterocycles. The van der Waals surface area contributed by atoms with Gasteiger partial charge < -0.3 is 14.4 Å². The van der Waals surface area contributed by atoms with E-state index in [1.165, 1.54) is 11.3 Å². The standard InChI is InChI=1S/C15H18BrN3O2/c1-19-7-6-11-10(8-19)14(18-17-11)9-4-5-12(20-2)15(21-3)13(9)16/h4-5H,6-8H2,1-3H3,(H,17,18). The zero-order valence-electron chi connectivity index (χ0n) is 12.4. The minimum atomic E-state index is 0.691. The average molecular weight is 352 g/mol. The Kier molecular flexibility index (Phi) is 3.91. The third kappa shape index (κ3) is 2.42. The lowest BCUT2D eigenvalue weighted by molar-refractivity contribution is 0.312. The van der Waals surface area contributed by atoms with E-state index in [4.69, 9.17) is 9.47 Å². The molecule has 2 heterocycles. The van der Waals surface area contributed by atoms with Crippen molar-refractivity contribution in [3.63, 3.8) is 0 Å². The second-order valence-corrected chi connectivity index (χ2v) is 5.97. The van der Waals surface area contributed by atoms with Crippen LogP contribution < -0.4 is 9.47 Å². The summed E-state index contributed by atoms with van der Waals surface area (Å²) in [7, 11) is 5.40. The summed E-state index contributed by atoms with van der Waals surface area (Å²) in [5.41, 5.74) is 4.48. The summed E-state index contributed by atoms with van der Waals surface area (Å²) < 4.78 is 11.6. The van der Waals surface area contributed by atoms with Crippen molar-refractivity contribution in [1.29, 1.82) is 0 Å². The van der Waals surface area contributed by atoms with E-state index < -0.39 is 0 Å². The van der Waals surface area contributed by atoms with Crippen LogP contribution in [0.4, 0.5) is 0 Å². The number of fused-ring (bicyclic) bond motifs is 1. The van der Waals surface area contributed by atoms with Gasteiger partial charge in [-0.25, -0.2) is 0 Å². The van der Waals surface area contributed by atoms with Crippen LogP contribution in [0.25, 0.3) is 11.3 Å². The smallest absolute Gasteiger partial charge is 0.175 e. The molecule has 1 N–H and O–H groups in total. The zero-order valence-corrected chi connectivity index (χ0v) is 14.0. The lowest BCUT2D eigenvalue weighted by atomic mass is 10.0. The van der Waals surface area contributed by atoms with Crippen molar-refractivity contribution in [2.75, 3.05) is 27.8 Å². The molecule has 0 unspecified atom stereocenters. The molecule has 0 fully saturated rings. The number of likely N-dealkylation sites (N-methyl/N-ethyl adjacent to an activating group) is 1. The molecule has 0 aliphatic carbocycles. The highest BCUT2D eigenvalue weighted by Gasteiger charge is 2.23. The second kappa shape index (κ2) is 5.69. The second-order valence-electron chi connectivity index (χ2n) is 5.18. The molecule has 1 aliphatic heterocycles. The Morgan fingerprint density at radius 2 is 2.10 bits per heavy atom. The number of hydrogen-bond acceptors (Lipinski definition) is 4. The van der Waals surface area contributed by atoms with E-state index in [1.54, 1.807) is 14.2 Å². The van der Waals surface area contributed by atoms with E-state index in [2.05, 4.69) is 38.1 Å². The first-order chi connectivity index (χ1) is 10.2. The van der Waals surface area contributed by atoms with Crippen LogP contribution >= 0.6 is 15.9 Å². The first-order valence-electron chi connectivity index (χ1n) is 6.81. The fourth-order valence-corrected chi connectivity index (χ4v) is 3.40. The van der Waals surface area contributed by atoms with Crippen molar-refractivity contribution in [3.8, 4) is 22.8 Å². The maximum Gasteiger partial charge on any atom is 0.175 e. The number of H-pyrrole nitrogens is 1. The largest absolute Gasteiger partial charge is 0.493 e. The van der Waals surface area contributed by atoms with Crippen LogP contribution in [-0.2, 0) is 13.0 Å². The summed E-state index contributed by atoms with van der Waals surface area (Å²) in [5, 5.41) is 7.69. The van der Waals surface area contributed by atoms with Gasteiger partial charge in [0.1, 0.15) is 0 Å². The Balaban J connectivity index is 2.12. The van der Waals surface area contributed by atoms with Crippen LogP contribution in [0.15, 0.2) is 16.6 Å². The molecule has 21 heavy (non-hydrogen) atoms. The lowest BCUT2D eigenvalue weighted by Crippen LogP contribution is -2.26. The van der Waals surface area contributed by atoms with Crippen LogP contribution in [0.5, 0.6) is 11.5 Å². The van der Waals surface area contributed by atoms with Crippen LogP contribution in [0.1, 0.15) is 11.3 Å². The van der Waals surface area contributed by atoms with Gasteiger partial charge in [0.05, 0.1) is 24.4 Å². The number of halogens is 1. The lowest BCUT2D eigenvalue weighted by Gasteiger charge is -2.22. The summed E-state index contributed by atoms with van der Waals surface area (Å²) in [5.74, 6) is 1.39. The summed E-state index contributed by atoms with van der Waals surface area (Å²) in [6, 6.07) is 3.92. The molecule has 0 saturated carbocycles. The summed E-state index contributed by atoms with van der Waals surface area (Å²) >= 11 is 3.62. The summed E-state index contributed by atoms with van der Waals surface area (Å²) in [6.07, 6.45) is 1.00. The molecule has 3 rings (SSSR count). The molecule has 0 amide bonds. The first-order valence-corrected chi connectivity index (χ1v) is 7.60. The molecule has 5 nitrogen and oxygen atoms in total. The molecule has 1 aromatic carbocycles. The number of aromatic amines is 1. The highest BCUT2D eigenvalue weighted by atomic mass is 79.9. The number of benzene rings is 1. The molecule has 112 valence electrons. The predicted octanol–water partition coefficient (Wildman–Crippen LogP) is 2.84. The van der Waals surface area contributed by atoms with Gasteiger partial charge in [0.25, 0.3) is 0 Å². The van der Waals surface area contributed by atoms with E-state index in [9.17, 15) is 0 Å². The normalized spacial score (nSPS) is 14.9. The maximum absolute atomic E-state index is 5.45. The Morgan fingerprint density at radius 3 is 2.81 bits per heavy atom. The third-order valence-corrected chi connectivity index (χ3v) is 4.65. The van der Waals surface area contributed by atoms with Crippen molar-refractivity contribution in [2.24, 2.45) is 0 Å². The number of nitrogens with one attached hydrogen (secondary N) is 1. The number of rotatable bonds is 3. The molecule has 0 spiro atoms. The molecule has 6 heteroatoms. The highest BCUT2D eigenvalue weighted by molar-refractivity contribution is 9.10. The molecule has 2 aromatic rings. The Hall–Kier alpha value is -1.53. The topological polar surface area (TPSA) is 50.4 Å². The van der Waals surface area contributed by atoms with Crippen LogP contribution in [-0.4, -0.2) is 42.9 Å². The van der Waals surface area contributed by atoms with E-state index in [0.717, 1.165) is 35.2 Å². The van der Waals surface area contributed by atoms with Gasteiger partial charge in [0.15, 0.2) is 11.5 Å². The third-order valence-electron chi connectivity index (χ3n) is 3.86. The predicted molar refractivity (Wildman–Crippen MR) is 84.9 cm³/mol. The molecule has 1 aliphatic rings. The number of aromatic nitrogens is 2. The number of ether oxygens (including phenoxy) is 2. The van der Waals surface area contributed by atoms with E-state index in [-0.39, 0.29) is 0 Å². The number of nitrogens with zero attached hydrogens (tertiary/aromatic N) is 2. The van der Waals surface area contributed by atoms with Gasteiger partial charge in [-0.1, -0.05) is 0 Å². The molecule has 0 radical (unpaired) electrons. The van der Waals surface area contributed by atoms with Crippen molar-refractivity contribution in [1.82, 2.24) is 15.1 Å². The monoisotopic (exact) mass is 351 g/mol. The van der Waals surface area contributed by atoms with Gasteiger partial charge in [-0.05, 0) is 35.1 Å². The molecular formula is C15H18BrN3O2. The highest BCUT2D eigenvalue weighted by Crippen LogP contribution is 2.43. The average Bonchev–Trinajstić information content (AvgIpc) is 2.89. The van der Waals surface area contributed by atoms with Gasteiger partial charge >= 0.3 is 0 Å². The van der Waals surface area contributed by atoms with Gasteiger partial charge in [-0.3, -0.25) is 5.10 Å². The fourth-order valence-electron chi connectivity index (χ4n) is 2.72. The van der Waals surface area contributed by atoms with Gasteiger partial charge in [0.2, 0.25) is 0 Å². The van der Waals surface area contributed by atoms with Crippen molar-refractivity contribution < 1.29 is 9.47 Å². The summed E-state index contributed by atoms with van der Waals surface area (Å²) in [6.45, 7) is 1.96. The summed E-state index contributed by atoms with van der Waals surface area (Å²) in [4.78, 5) is 2.30. The van der Waals surface area contributed by atoms with Crippen molar-refractivity contribution in [3.05, 3.63) is 27.9 Å². The maximum atomic E-state index is 5.45. The zero-order chi connectivity index (χ0) is 15.0. The van der Waals surface area contributed by atoms with Crippen molar-refractivity contribution in [2.45, 2.75) is 13.0 Å². The van der Waals surface area contributed by atoms with Gasteiger partial charge in [-0.2, -0.15) is 5.10 Å². The van der Waals surface area contributed by atoms with Crippen LogP contribution in [0.2, 0.25) is 0 Å². The van der Waals surface area contributed by atoms with Crippen LogP contribution in [0.3, 0.4) is 0 Å². The minimum absolute atomic E-state index is 0.691. The fraction of sp³-hybridized carbons (Fsp3) is 0.400. The SMILES string of the molecule is COc1ccc(-c2n[nH]c3c2CN(C)CC3)c(Br)c1OC. The Morgan fingerprint density at radius 1 is 1.29 bits per heavy atom. The van der Waals surface area contributed by atoms with E-state index in [1.807, 2.05) is 12.1 Å². The van der Waals surface area contributed by atoms with E-state index >= 15 is 0 Å².